The lowest BCUT2D eigenvalue weighted by Gasteiger charge is -2.27. The van der Waals surface area contributed by atoms with Crippen molar-refractivity contribution in [3.05, 3.63) is 70.7 Å². The first-order valence-electron chi connectivity index (χ1n) is 7.74. The summed E-state index contributed by atoms with van der Waals surface area (Å²) in [5.41, 5.74) is 3.54. The molecular formula is C19H19BrN2O. The number of hydrogen-bond donors (Lipinski definition) is 1. The second kappa shape index (κ2) is 7.47. The molecule has 0 fully saturated rings. The summed E-state index contributed by atoms with van der Waals surface area (Å²) in [5.74, 6) is 0.135. The monoisotopic (exact) mass is 370 g/mol. The van der Waals surface area contributed by atoms with Crippen LogP contribution in [0, 0.1) is 0 Å². The van der Waals surface area contributed by atoms with Crippen molar-refractivity contribution in [2.24, 2.45) is 0 Å². The Labute approximate surface area is 145 Å². The standard InChI is InChI=1S/C19H19BrN2O/c20-17-6-8-18(9-7-17)21-14-19(23)22-12-10-16(11-13-22)15-4-2-1-3-5-15/h1-10,21H,11-14H2. The van der Waals surface area contributed by atoms with Gasteiger partial charge in [-0.15, -0.1) is 0 Å². The van der Waals surface area contributed by atoms with Crippen LogP contribution >= 0.6 is 15.9 Å². The van der Waals surface area contributed by atoms with E-state index in [1.54, 1.807) is 0 Å². The molecule has 1 aliphatic rings. The van der Waals surface area contributed by atoms with Crippen LogP contribution in [0.1, 0.15) is 12.0 Å². The van der Waals surface area contributed by atoms with Crippen molar-refractivity contribution in [2.45, 2.75) is 6.42 Å². The van der Waals surface area contributed by atoms with Crippen molar-refractivity contribution in [1.82, 2.24) is 4.90 Å². The predicted molar refractivity (Wildman–Crippen MR) is 98.2 cm³/mol. The van der Waals surface area contributed by atoms with Gasteiger partial charge in [-0.2, -0.15) is 0 Å². The summed E-state index contributed by atoms with van der Waals surface area (Å²) in [6.07, 6.45) is 3.07. The zero-order valence-corrected chi connectivity index (χ0v) is 14.4. The zero-order chi connectivity index (χ0) is 16.1. The van der Waals surface area contributed by atoms with E-state index in [1.807, 2.05) is 35.2 Å². The Hall–Kier alpha value is -2.07. The SMILES string of the molecule is O=C(CNc1ccc(Br)cc1)N1CC=C(c2ccccc2)CC1. The highest BCUT2D eigenvalue weighted by atomic mass is 79.9. The molecule has 3 nitrogen and oxygen atoms in total. The van der Waals surface area contributed by atoms with Gasteiger partial charge in [0.15, 0.2) is 0 Å². The van der Waals surface area contributed by atoms with Crippen LogP contribution in [0.4, 0.5) is 5.69 Å². The van der Waals surface area contributed by atoms with Crippen LogP contribution in [-0.4, -0.2) is 30.4 Å². The summed E-state index contributed by atoms with van der Waals surface area (Å²) in [6.45, 7) is 1.79. The molecule has 0 spiro atoms. The molecule has 0 saturated heterocycles. The molecule has 1 heterocycles. The molecule has 23 heavy (non-hydrogen) atoms. The number of benzene rings is 2. The van der Waals surface area contributed by atoms with Crippen molar-refractivity contribution in [3.8, 4) is 0 Å². The van der Waals surface area contributed by atoms with E-state index < -0.39 is 0 Å². The van der Waals surface area contributed by atoms with E-state index in [4.69, 9.17) is 0 Å². The number of halogens is 1. The van der Waals surface area contributed by atoms with E-state index >= 15 is 0 Å². The van der Waals surface area contributed by atoms with E-state index in [9.17, 15) is 4.79 Å². The number of hydrogen-bond acceptors (Lipinski definition) is 2. The Morgan fingerprint density at radius 1 is 1.09 bits per heavy atom. The van der Waals surface area contributed by atoms with Gasteiger partial charge in [0.1, 0.15) is 0 Å². The third-order valence-corrected chi connectivity index (χ3v) is 4.52. The summed E-state index contributed by atoms with van der Waals surface area (Å²) in [6, 6.07) is 18.2. The highest BCUT2D eigenvalue weighted by molar-refractivity contribution is 9.10. The van der Waals surface area contributed by atoms with E-state index in [1.165, 1.54) is 11.1 Å². The highest BCUT2D eigenvalue weighted by Crippen LogP contribution is 2.22. The first-order valence-corrected chi connectivity index (χ1v) is 8.53. The second-order valence-corrected chi connectivity index (χ2v) is 6.46. The molecule has 3 rings (SSSR count). The minimum absolute atomic E-state index is 0.135. The van der Waals surface area contributed by atoms with Crippen molar-refractivity contribution in [3.63, 3.8) is 0 Å². The molecule has 2 aromatic carbocycles. The van der Waals surface area contributed by atoms with Gasteiger partial charge in [-0.05, 0) is 41.8 Å². The fourth-order valence-corrected chi connectivity index (χ4v) is 2.93. The molecule has 0 atom stereocenters. The van der Waals surface area contributed by atoms with E-state index in [-0.39, 0.29) is 5.91 Å². The van der Waals surface area contributed by atoms with Crippen molar-refractivity contribution in [2.75, 3.05) is 25.0 Å². The van der Waals surface area contributed by atoms with E-state index in [0.29, 0.717) is 13.1 Å². The molecule has 1 N–H and O–H groups in total. The van der Waals surface area contributed by atoms with Gasteiger partial charge in [0.2, 0.25) is 5.91 Å². The molecule has 0 saturated carbocycles. The lowest BCUT2D eigenvalue weighted by Crippen LogP contribution is -2.38. The Morgan fingerprint density at radius 2 is 1.83 bits per heavy atom. The summed E-state index contributed by atoms with van der Waals surface area (Å²) < 4.78 is 1.03. The minimum atomic E-state index is 0.135. The molecule has 1 aliphatic heterocycles. The average molecular weight is 371 g/mol. The summed E-state index contributed by atoms with van der Waals surface area (Å²) >= 11 is 3.40. The largest absolute Gasteiger partial charge is 0.376 e. The van der Waals surface area contributed by atoms with E-state index in [2.05, 4.69) is 51.6 Å². The number of rotatable bonds is 4. The van der Waals surface area contributed by atoms with Crippen molar-refractivity contribution < 1.29 is 4.79 Å². The van der Waals surface area contributed by atoms with Crippen molar-refractivity contribution >= 4 is 33.1 Å². The summed E-state index contributed by atoms with van der Waals surface area (Å²) in [4.78, 5) is 14.2. The number of amides is 1. The predicted octanol–water partition coefficient (Wildman–Crippen LogP) is 4.18. The van der Waals surface area contributed by atoms with Crippen LogP contribution in [0.25, 0.3) is 5.57 Å². The van der Waals surface area contributed by atoms with Crippen LogP contribution in [0.5, 0.6) is 0 Å². The molecule has 0 radical (unpaired) electrons. The maximum Gasteiger partial charge on any atom is 0.242 e. The van der Waals surface area contributed by atoms with Crippen LogP contribution < -0.4 is 5.32 Å². The normalized spacial score (nSPS) is 14.3. The van der Waals surface area contributed by atoms with Gasteiger partial charge in [-0.1, -0.05) is 52.3 Å². The number of carbonyl (C=O) groups excluding carboxylic acids is 1. The second-order valence-electron chi connectivity index (χ2n) is 5.55. The first kappa shape index (κ1) is 15.8. The molecule has 2 aromatic rings. The zero-order valence-electron chi connectivity index (χ0n) is 12.8. The van der Waals surface area contributed by atoms with Crippen LogP contribution in [0.15, 0.2) is 65.1 Å². The molecule has 0 bridgehead atoms. The van der Waals surface area contributed by atoms with Crippen LogP contribution in [-0.2, 0) is 4.79 Å². The molecule has 0 unspecified atom stereocenters. The third-order valence-electron chi connectivity index (χ3n) is 3.99. The molecule has 0 aromatic heterocycles. The van der Waals surface area contributed by atoms with Crippen LogP contribution in [0.2, 0.25) is 0 Å². The Balaban J connectivity index is 1.54. The third kappa shape index (κ3) is 4.23. The minimum Gasteiger partial charge on any atom is -0.376 e. The number of anilines is 1. The molecule has 4 heteroatoms. The molecular weight excluding hydrogens is 352 g/mol. The number of nitrogens with zero attached hydrogens (tertiary/aromatic N) is 1. The van der Waals surface area contributed by atoms with Crippen molar-refractivity contribution in [1.29, 1.82) is 0 Å². The molecule has 118 valence electrons. The topological polar surface area (TPSA) is 32.3 Å². The lowest BCUT2D eigenvalue weighted by atomic mass is 9.99. The number of nitrogens with one attached hydrogen (secondary N) is 1. The fraction of sp³-hybridized carbons (Fsp3) is 0.211. The maximum absolute atomic E-state index is 12.3. The van der Waals surface area contributed by atoms with Gasteiger partial charge >= 0.3 is 0 Å². The average Bonchev–Trinajstić information content (AvgIpc) is 2.62. The molecule has 1 amide bonds. The van der Waals surface area contributed by atoms with Crippen LogP contribution in [0.3, 0.4) is 0 Å². The summed E-state index contributed by atoms with van der Waals surface area (Å²) in [5, 5.41) is 3.18. The quantitative estimate of drug-likeness (QED) is 0.875. The lowest BCUT2D eigenvalue weighted by molar-refractivity contribution is -0.128. The van der Waals surface area contributed by atoms with Gasteiger partial charge in [0.05, 0.1) is 6.54 Å². The van der Waals surface area contributed by atoms with Gasteiger partial charge in [0, 0.05) is 23.2 Å². The smallest absolute Gasteiger partial charge is 0.242 e. The fourth-order valence-electron chi connectivity index (χ4n) is 2.67. The van der Waals surface area contributed by atoms with Gasteiger partial charge in [-0.3, -0.25) is 4.79 Å². The molecule has 0 aliphatic carbocycles. The Bertz CT molecular complexity index is 695. The van der Waals surface area contributed by atoms with Gasteiger partial charge < -0.3 is 10.2 Å². The first-order chi connectivity index (χ1) is 11.2. The highest BCUT2D eigenvalue weighted by Gasteiger charge is 2.17. The van der Waals surface area contributed by atoms with Gasteiger partial charge in [-0.25, -0.2) is 0 Å². The number of carbonyl (C=O) groups is 1. The Kier molecular flexibility index (Phi) is 5.13. The Morgan fingerprint density at radius 3 is 2.48 bits per heavy atom. The summed E-state index contributed by atoms with van der Waals surface area (Å²) in [7, 11) is 0. The van der Waals surface area contributed by atoms with Gasteiger partial charge in [0.25, 0.3) is 0 Å². The maximum atomic E-state index is 12.3. The van der Waals surface area contributed by atoms with E-state index in [0.717, 1.165) is 23.1 Å².